The molecule has 8 nitrogen and oxygen atoms in total. The SMILES string of the molecule is CN(C)CCCNc1ccccc1S(=O)(=O)NC1(C(=O)O)[C@@H]2COc3ccccc3[C@H]21. The number of aliphatic carboxylic acids is 1. The lowest BCUT2D eigenvalue weighted by atomic mass is 10.0. The second kappa shape index (κ2) is 8.14. The normalized spacial score (nSPS) is 24.1. The molecule has 1 fully saturated rings. The van der Waals surface area contributed by atoms with E-state index in [0.29, 0.717) is 18.0 Å². The lowest BCUT2D eigenvalue weighted by Gasteiger charge is -2.18. The quantitative estimate of drug-likeness (QED) is 0.507. The Hall–Kier alpha value is -2.62. The summed E-state index contributed by atoms with van der Waals surface area (Å²) in [6.45, 7) is 1.62. The van der Waals surface area contributed by atoms with Crippen molar-refractivity contribution in [3.63, 3.8) is 0 Å². The maximum absolute atomic E-state index is 13.3. The molecule has 9 heteroatoms. The number of carbonyl (C=O) groups is 1. The van der Waals surface area contributed by atoms with Gasteiger partial charge in [0.2, 0.25) is 10.0 Å². The van der Waals surface area contributed by atoms with Gasteiger partial charge in [0.25, 0.3) is 0 Å². The van der Waals surface area contributed by atoms with Crippen LogP contribution in [0, 0.1) is 5.92 Å². The zero-order valence-electron chi connectivity index (χ0n) is 17.5. The predicted octanol–water partition coefficient (Wildman–Crippen LogP) is 1.96. The van der Waals surface area contributed by atoms with E-state index < -0.39 is 33.4 Å². The fourth-order valence-electron chi connectivity index (χ4n) is 4.41. The maximum Gasteiger partial charge on any atom is 0.326 e. The number of hydrogen-bond acceptors (Lipinski definition) is 6. The monoisotopic (exact) mass is 445 g/mol. The number of fused-ring (bicyclic) bond motifs is 3. The number of carboxylic acid groups (broad SMARTS) is 1. The average molecular weight is 446 g/mol. The summed E-state index contributed by atoms with van der Waals surface area (Å²) < 4.78 is 34.9. The zero-order valence-corrected chi connectivity index (χ0v) is 18.4. The van der Waals surface area contributed by atoms with Gasteiger partial charge in [0.05, 0.1) is 12.3 Å². The predicted molar refractivity (Wildman–Crippen MR) is 117 cm³/mol. The molecule has 2 aromatic carbocycles. The Balaban J connectivity index is 1.60. The molecule has 1 aliphatic carbocycles. The van der Waals surface area contributed by atoms with Crippen LogP contribution in [0.2, 0.25) is 0 Å². The van der Waals surface area contributed by atoms with Crippen molar-refractivity contribution in [2.75, 3.05) is 39.1 Å². The second-order valence-electron chi connectivity index (χ2n) is 8.29. The summed E-state index contributed by atoms with van der Waals surface area (Å²) in [5, 5.41) is 13.2. The molecule has 2 aliphatic rings. The molecule has 3 N–H and O–H groups in total. The molecule has 0 aromatic heterocycles. The molecule has 3 atom stereocenters. The van der Waals surface area contributed by atoms with Gasteiger partial charge in [-0.25, -0.2) is 8.42 Å². The molecule has 1 unspecified atom stereocenters. The van der Waals surface area contributed by atoms with E-state index in [1.54, 1.807) is 36.4 Å². The lowest BCUT2D eigenvalue weighted by molar-refractivity contribution is -0.140. The number of anilines is 1. The minimum atomic E-state index is -4.10. The first kappa shape index (κ1) is 21.6. The molecule has 4 rings (SSSR count). The van der Waals surface area contributed by atoms with Crippen LogP contribution in [0.15, 0.2) is 53.4 Å². The number of nitrogens with zero attached hydrogens (tertiary/aromatic N) is 1. The number of ether oxygens (including phenoxy) is 1. The van der Waals surface area contributed by atoms with Crippen molar-refractivity contribution in [3.05, 3.63) is 54.1 Å². The van der Waals surface area contributed by atoms with Crippen LogP contribution in [0.3, 0.4) is 0 Å². The molecule has 1 heterocycles. The number of sulfonamides is 1. The summed E-state index contributed by atoms with van der Waals surface area (Å²) in [6.07, 6.45) is 0.839. The van der Waals surface area contributed by atoms with Gasteiger partial charge in [0.1, 0.15) is 16.2 Å². The number of rotatable bonds is 9. The molecule has 1 saturated carbocycles. The summed E-state index contributed by atoms with van der Waals surface area (Å²) in [5.74, 6) is -1.52. The molecular formula is C22H27N3O5S. The Morgan fingerprint density at radius 2 is 1.90 bits per heavy atom. The van der Waals surface area contributed by atoms with Gasteiger partial charge in [-0.15, -0.1) is 0 Å². The summed E-state index contributed by atoms with van der Waals surface area (Å²) in [5.41, 5.74) is -0.447. The molecule has 0 spiro atoms. The Labute approximate surface area is 182 Å². The maximum atomic E-state index is 13.3. The van der Waals surface area contributed by atoms with Crippen molar-refractivity contribution in [3.8, 4) is 5.75 Å². The highest BCUT2D eigenvalue weighted by molar-refractivity contribution is 7.89. The summed E-state index contributed by atoms with van der Waals surface area (Å²) in [6, 6.07) is 13.7. The van der Waals surface area contributed by atoms with E-state index in [9.17, 15) is 18.3 Å². The summed E-state index contributed by atoms with van der Waals surface area (Å²) >= 11 is 0. The van der Waals surface area contributed by atoms with Crippen molar-refractivity contribution >= 4 is 21.7 Å². The molecule has 166 valence electrons. The number of para-hydroxylation sites is 2. The molecule has 31 heavy (non-hydrogen) atoms. The Morgan fingerprint density at radius 1 is 1.19 bits per heavy atom. The van der Waals surface area contributed by atoms with Crippen molar-refractivity contribution in [1.82, 2.24) is 9.62 Å². The molecule has 0 amide bonds. The van der Waals surface area contributed by atoms with Gasteiger partial charge in [-0.1, -0.05) is 30.3 Å². The summed E-state index contributed by atoms with van der Waals surface area (Å²) in [4.78, 5) is 14.4. The smallest absolute Gasteiger partial charge is 0.326 e. The topological polar surface area (TPSA) is 108 Å². The van der Waals surface area contributed by atoms with Crippen molar-refractivity contribution in [1.29, 1.82) is 0 Å². The Bertz CT molecular complexity index is 1090. The number of carboxylic acids is 1. The average Bonchev–Trinajstić information content (AvgIpc) is 3.40. The Morgan fingerprint density at radius 3 is 2.65 bits per heavy atom. The van der Waals surface area contributed by atoms with Crippen LogP contribution in [-0.2, 0) is 14.8 Å². The zero-order chi connectivity index (χ0) is 22.2. The van der Waals surface area contributed by atoms with Gasteiger partial charge in [0.15, 0.2) is 0 Å². The van der Waals surface area contributed by atoms with Crippen LogP contribution in [0.4, 0.5) is 5.69 Å². The first-order chi connectivity index (χ1) is 14.8. The third-order valence-corrected chi connectivity index (χ3v) is 7.51. The van der Waals surface area contributed by atoms with Crippen LogP contribution in [-0.4, -0.2) is 63.7 Å². The van der Waals surface area contributed by atoms with Crippen molar-refractivity contribution in [2.24, 2.45) is 5.92 Å². The highest BCUT2D eigenvalue weighted by Crippen LogP contribution is 2.62. The fraction of sp³-hybridized carbons (Fsp3) is 0.409. The van der Waals surface area contributed by atoms with E-state index in [1.807, 2.05) is 20.2 Å². The van der Waals surface area contributed by atoms with E-state index in [4.69, 9.17) is 4.74 Å². The van der Waals surface area contributed by atoms with Gasteiger partial charge in [-0.05, 0) is 45.3 Å². The van der Waals surface area contributed by atoms with E-state index in [-0.39, 0.29) is 11.5 Å². The van der Waals surface area contributed by atoms with E-state index >= 15 is 0 Å². The molecular weight excluding hydrogens is 418 g/mol. The highest BCUT2D eigenvalue weighted by Gasteiger charge is 2.74. The van der Waals surface area contributed by atoms with Crippen LogP contribution in [0.1, 0.15) is 17.9 Å². The van der Waals surface area contributed by atoms with Crippen molar-refractivity contribution < 1.29 is 23.1 Å². The van der Waals surface area contributed by atoms with Gasteiger partial charge in [0, 0.05) is 23.9 Å². The van der Waals surface area contributed by atoms with Crippen molar-refractivity contribution in [2.45, 2.75) is 22.8 Å². The van der Waals surface area contributed by atoms with Crippen LogP contribution < -0.4 is 14.8 Å². The lowest BCUT2D eigenvalue weighted by Crippen LogP contribution is -2.46. The molecule has 0 radical (unpaired) electrons. The minimum Gasteiger partial charge on any atom is -0.493 e. The number of hydrogen-bond donors (Lipinski definition) is 3. The van der Waals surface area contributed by atoms with Gasteiger partial charge in [-0.2, -0.15) is 4.72 Å². The van der Waals surface area contributed by atoms with Crippen LogP contribution >= 0.6 is 0 Å². The van der Waals surface area contributed by atoms with Gasteiger partial charge < -0.3 is 20.1 Å². The summed E-state index contributed by atoms with van der Waals surface area (Å²) in [7, 11) is -0.151. The van der Waals surface area contributed by atoms with Gasteiger partial charge >= 0.3 is 5.97 Å². The third kappa shape index (κ3) is 3.88. The largest absolute Gasteiger partial charge is 0.493 e. The molecule has 0 bridgehead atoms. The standard InChI is InChI=1S/C22H27N3O5S/c1-25(2)13-7-12-23-17-9-4-6-11-19(17)31(28,29)24-22(21(26)27)16-14-30-18-10-5-3-8-15(18)20(16)22/h3-6,8-11,16,20,23-24H,7,12-14H2,1-2H3,(H,26,27)/t16-,20-,22?/m1/s1. The number of nitrogens with one attached hydrogen (secondary N) is 2. The molecule has 0 saturated heterocycles. The Kier molecular flexibility index (Phi) is 5.67. The molecule has 2 aromatic rings. The van der Waals surface area contributed by atoms with Gasteiger partial charge in [-0.3, -0.25) is 4.79 Å². The first-order valence-electron chi connectivity index (χ1n) is 10.2. The fourth-order valence-corrected chi connectivity index (χ4v) is 6.02. The first-order valence-corrected chi connectivity index (χ1v) is 11.7. The van der Waals surface area contributed by atoms with E-state index in [2.05, 4.69) is 14.9 Å². The van der Waals surface area contributed by atoms with E-state index in [1.165, 1.54) is 6.07 Å². The molecule has 1 aliphatic heterocycles. The minimum absolute atomic E-state index is 0.0401. The number of benzene rings is 2. The highest BCUT2D eigenvalue weighted by atomic mass is 32.2. The second-order valence-corrected chi connectivity index (χ2v) is 9.94. The van der Waals surface area contributed by atoms with Crippen LogP contribution in [0.5, 0.6) is 5.75 Å². The third-order valence-electron chi connectivity index (χ3n) is 5.97. The van der Waals surface area contributed by atoms with E-state index in [0.717, 1.165) is 18.5 Å². The van der Waals surface area contributed by atoms with Crippen LogP contribution in [0.25, 0.3) is 0 Å².